The van der Waals surface area contributed by atoms with E-state index < -0.39 is 0 Å². The standard InChI is InChI=1S/C15H20FN3OS/c1-11-14(10-17-8-9-20-3)21-15(18-11)19(2)13-7-5-4-6-12(13)16/h4-7,17H,8-10H2,1-3H3. The van der Waals surface area contributed by atoms with Crippen molar-refractivity contribution in [1.82, 2.24) is 10.3 Å². The van der Waals surface area contributed by atoms with Crippen molar-refractivity contribution in [3.8, 4) is 0 Å². The summed E-state index contributed by atoms with van der Waals surface area (Å²) in [7, 11) is 3.51. The molecule has 1 heterocycles. The van der Waals surface area contributed by atoms with Crippen molar-refractivity contribution in [2.75, 3.05) is 32.2 Å². The first kappa shape index (κ1) is 15.9. The molecule has 0 saturated heterocycles. The Morgan fingerprint density at radius 3 is 2.86 bits per heavy atom. The van der Waals surface area contributed by atoms with Crippen LogP contribution in [0.25, 0.3) is 0 Å². The molecule has 0 aliphatic rings. The quantitative estimate of drug-likeness (QED) is 0.798. The van der Waals surface area contributed by atoms with Gasteiger partial charge in [0.1, 0.15) is 5.82 Å². The van der Waals surface area contributed by atoms with Gasteiger partial charge in [-0.1, -0.05) is 23.5 Å². The summed E-state index contributed by atoms with van der Waals surface area (Å²) in [5.41, 5.74) is 1.51. The van der Waals surface area contributed by atoms with Gasteiger partial charge in [0, 0.05) is 32.1 Å². The third-order valence-electron chi connectivity index (χ3n) is 3.15. The lowest BCUT2D eigenvalue weighted by atomic mass is 10.3. The van der Waals surface area contributed by atoms with Gasteiger partial charge in [0.2, 0.25) is 0 Å². The van der Waals surface area contributed by atoms with Crippen molar-refractivity contribution < 1.29 is 9.13 Å². The molecule has 0 bridgehead atoms. The third kappa shape index (κ3) is 4.00. The topological polar surface area (TPSA) is 37.4 Å². The molecule has 2 aromatic rings. The van der Waals surface area contributed by atoms with Crippen LogP contribution in [0, 0.1) is 12.7 Å². The van der Waals surface area contributed by atoms with E-state index in [4.69, 9.17) is 4.74 Å². The van der Waals surface area contributed by atoms with Crippen LogP contribution in [-0.4, -0.2) is 32.3 Å². The number of rotatable bonds is 7. The highest BCUT2D eigenvalue weighted by molar-refractivity contribution is 7.15. The summed E-state index contributed by atoms with van der Waals surface area (Å²) in [6.07, 6.45) is 0. The summed E-state index contributed by atoms with van der Waals surface area (Å²) in [6, 6.07) is 6.72. The minimum atomic E-state index is -0.243. The molecule has 0 spiro atoms. The number of nitrogens with zero attached hydrogens (tertiary/aromatic N) is 2. The average Bonchev–Trinajstić information content (AvgIpc) is 2.85. The van der Waals surface area contributed by atoms with Gasteiger partial charge >= 0.3 is 0 Å². The van der Waals surface area contributed by atoms with Gasteiger partial charge in [-0.25, -0.2) is 9.37 Å². The average molecular weight is 309 g/mol. The van der Waals surface area contributed by atoms with Crippen LogP contribution in [0.15, 0.2) is 24.3 Å². The van der Waals surface area contributed by atoms with E-state index in [1.54, 1.807) is 35.5 Å². The number of ether oxygens (including phenoxy) is 1. The highest BCUT2D eigenvalue weighted by Crippen LogP contribution is 2.31. The Hall–Kier alpha value is -1.50. The van der Waals surface area contributed by atoms with E-state index in [0.29, 0.717) is 12.3 Å². The molecule has 0 saturated carbocycles. The van der Waals surface area contributed by atoms with Gasteiger partial charge in [-0.2, -0.15) is 0 Å². The highest BCUT2D eigenvalue weighted by Gasteiger charge is 2.14. The number of aryl methyl sites for hydroxylation is 1. The van der Waals surface area contributed by atoms with E-state index >= 15 is 0 Å². The van der Waals surface area contributed by atoms with Crippen LogP contribution >= 0.6 is 11.3 Å². The van der Waals surface area contributed by atoms with E-state index in [0.717, 1.165) is 28.8 Å². The molecule has 2 rings (SSSR count). The van der Waals surface area contributed by atoms with Crippen molar-refractivity contribution >= 4 is 22.2 Å². The van der Waals surface area contributed by atoms with E-state index in [-0.39, 0.29) is 5.82 Å². The van der Waals surface area contributed by atoms with Gasteiger partial charge in [0.15, 0.2) is 5.13 Å². The summed E-state index contributed by atoms with van der Waals surface area (Å²) in [4.78, 5) is 7.47. The van der Waals surface area contributed by atoms with Crippen LogP contribution in [0.2, 0.25) is 0 Å². The third-order valence-corrected chi connectivity index (χ3v) is 4.38. The number of methoxy groups -OCH3 is 1. The fourth-order valence-corrected chi connectivity index (χ4v) is 2.93. The summed E-state index contributed by atoms with van der Waals surface area (Å²) < 4.78 is 18.8. The van der Waals surface area contributed by atoms with Gasteiger partial charge in [0.05, 0.1) is 18.0 Å². The van der Waals surface area contributed by atoms with Crippen LogP contribution in [0.4, 0.5) is 15.2 Å². The van der Waals surface area contributed by atoms with Gasteiger partial charge < -0.3 is 15.0 Å². The molecule has 1 N–H and O–H groups in total. The Bertz CT molecular complexity index is 588. The zero-order valence-corrected chi connectivity index (χ0v) is 13.3. The minimum absolute atomic E-state index is 0.243. The number of para-hydroxylation sites is 1. The summed E-state index contributed by atoms with van der Waals surface area (Å²) >= 11 is 1.57. The summed E-state index contributed by atoms with van der Waals surface area (Å²) in [5.74, 6) is -0.243. The van der Waals surface area contributed by atoms with Gasteiger partial charge in [-0.3, -0.25) is 0 Å². The number of anilines is 2. The second-order valence-corrected chi connectivity index (χ2v) is 5.75. The van der Waals surface area contributed by atoms with E-state index in [2.05, 4.69) is 10.3 Å². The first-order valence-electron chi connectivity index (χ1n) is 6.77. The Labute approximate surface area is 128 Å². The molecule has 114 valence electrons. The molecule has 0 fully saturated rings. The second-order valence-electron chi connectivity index (χ2n) is 4.69. The monoisotopic (exact) mass is 309 g/mol. The number of hydrogen-bond acceptors (Lipinski definition) is 5. The molecular weight excluding hydrogens is 289 g/mol. The minimum Gasteiger partial charge on any atom is -0.383 e. The van der Waals surface area contributed by atoms with Crippen LogP contribution in [0.3, 0.4) is 0 Å². The molecule has 21 heavy (non-hydrogen) atoms. The van der Waals surface area contributed by atoms with Crippen LogP contribution in [0.5, 0.6) is 0 Å². The predicted octanol–water partition coefficient (Wildman–Crippen LogP) is 3.09. The summed E-state index contributed by atoms with van der Waals surface area (Å²) in [6.45, 7) is 4.20. The Morgan fingerprint density at radius 1 is 1.38 bits per heavy atom. The van der Waals surface area contributed by atoms with Gasteiger partial charge in [0.25, 0.3) is 0 Å². The van der Waals surface area contributed by atoms with Crippen molar-refractivity contribution in [2.24, 2.45) is 0 Å². The van der Waals surface area contributed by atoms with Crippen LogP contribution in [0.1, 0.15) is 10.6 Å². The first-order chi connectivity index (χ1) is 10.1. The maximum absolute atomic E-state index is 13.8. The fourth-order valence-electron chi connectivity index (χ4n) is 1.92. The van der Waals surface area contributed by atoms with Crippen molar-refractivity contribution in [2.45, 2.75) is 13.5 Å². The molecule has 1 aromatic heterocycles. The molecule has 0 atom stereocenters. The van der Waals surface area contributed by atoms with Crippen molar-refractivity contribution in [1.29, 1.82) is 0 Å². The largest absolute Gasteiger partial charge is 0.383 e. The maximum Gasteiger partial charge on any atom is 0.190 e. The lowest BCUT2D eigenvalue weighted by Gasteiger charge is -2.16. The number of benzene rings is 1. The SMILES string of the molecule is COCCNCc1sc(N(C)c2ccccc2F)nc1C. The van der Waals surface area contributed by atoms with Crippen LogP contribution in [-0.2, 0) is 11.3 Å². The Morgan fingerprint density at radius 2 is 2.14 bits per heavy atom. The fraction of sp³-hybridized carbons (Fsp3) is 0.400. The Balaban J connectivity index is 2.09. The molecule has 0 aliphatic heterocycles. The molecule has 1 aromatic carbocycles. The van der Waals surface area contributed by atoms with Gasteiger partial charge in [-0.05, 0) is 19.1 Å². The lowest BCUT2D eigenvalue weighted by Crippen LogP contribution is -2.18. The lowest BCUT2D eigenvalue weighted by molar-refractivity contribution is 0.199. The molecule has 0 amide bonds. The van der Waals surface area contributed by atoms with Crippen molar-refractivity contribution in [3.63, 3.8) is 0 Å². The van der Waals surface area contributed by atoms with E-state index in [9.17, 15) is 4.39 Å². The number of thiazole rings is 1. The number of hydrogen-bond donors (Lipinski definition) is 1. The second kappa shape index (κ2) is 7.49. The first-order valence-corrected chi connectivity index (χ1v) is 7.59. The van der Waals surface area contributed by atoms with E-state index in [1.807, 2.05) is 20.0 Å². The Kier molecular flexibility index (Phi) is 5.67. The van der Waals surface area contributed by atoms with Crippen LogP contribution < -0.4 is 10.2 Å². The zero-order valence-electron chi connectivity index (χ0n) is 12.5. The number of nitrogens with one attached hydrogen (secondary N) is 1. The molecule has 6 heteroatoms. The zero-order chi connectivity index (χ0) is 15.2. The van der Waals surface area contributed by atoms with Crippen molar-refractivity contribution in [3.05, 3.63) is 40.7 Å². The number of halogens is 1. The number of aromatic nitrogens is 1. The summed E-state index contributed by atoms with van der Waals surface area (Å²) in [5, 5.41) is 4.09. The predicted molar refractivity (Wildman–Crippen MR) is 84.9 cm³/mol. The molecular formula is C15H20FN3OS. The molecule has 4 nitrogen and oxygen atoms in total. The molecule has 0 radical (unpaired) electrons. The molecule has 0 aliphatic carbocycles. The smallest absolute Gasteiger partial charge is 0.190 e. The van der Waals surface area contributed by atoms with E-state index in [1.165, 1.54) is 6.07 Å². The molecule has 0 unspecified atom stereocenters. The van der Waals surface area contributed by atoms with Gasteiger partial charge in [-0.15, -0.1) is 0 Å². The maximum atomic E-state index is 13.8. The highest BCUT2D eigenvalue weighted by atomic mass is 32.1. The normalized spacial score (nSPS) is 10.9.